The molecule has 0 saturated carbocycles. The Balaban J connectivity index is 1.50. The fourth-order valence-electron chi connectivity index (χ4n) is 4.60. The minimum Gasteiger partial charge on any atom is -0.492 e. The molecule has 7 heteroatoms. The van der Waals surface area contributed by atoms with Crippen LogP contribution in [0.25, 0.3) is 0 Å². The van der Waals surface area contributed by atoms with Gasteiger partial charge >= 0.3 is 6.09 Å². The molecule has 2 N–H and O–H groups in total. The molecule has 2 aliphatic rings. The van der Waals surface area contributed by atoms with Gasteiger partial charge in [0.2, 0.25) is 5.91 Å². The van der Waals surface area contributed by atoms with Crippen LogP contribution in [0.1, 0.15) is 65.5 Å². The largest absolute Gasteiger partial charge is 0.492 e. The highest BCUT2D eigenvalue weighted by molar-refractivity contribution is 6.08. The maximum Gasteiger partial charge on any atom is 0.410 e. The van der Waals surface area contributed by atoms with E-state index in [-0.39, 0.29) is 29.3 Å². The van der Waals surface area contributed by atoms with Gasteiger partial charge in [-0.2, -0.15) is 0 Å². The number of ether oxygens (including phenoxy) is 2. The number of carbonyl (C=O) groups is 3. The van der Waals surface area contributed by atoms with Gasteiger partial charge in [-0.05, 0) is 51.3 Å². The number of rotatable bonds is 4. The normalized spacial score (nSPS) is 16.8. The van der Waals surface area contributed by atoms with E-state index in [1.165, 1.54) is 0 Å². The lowest BCUT2D eigenvalue weighted by Gasteiger charge is -2.39. The Hall–Kier alpha value is -3.35. The number of hydrogen-bond acceptors (Lipinski definition) is 5. The van der Waals surface area contributed by atoms with Gasteiger partial charge in [0, 0.05) is 41.6 Å². The lowest BCUT2D eigenvalue weighted by molar-refractivity contribution is 0.0152. The zero-order valence-electron chi connectivity index (χ0n) is 19.3. The molecule has 2 aromatic carbocycles. The molecule has 0 atom stereocenters. The number of hydrogen-bond donors (Lipinski definition) is 1. The molecule has 0 radical (unpaired) electrons. The van der Waals surface area contributed by atoms with Gasteiger partial charge in [-0.3, -0.25) is 9.59 Å². The Kier molecular flexibility index (Phi) is 5.91. The molecule has 0 aromatic heterocycles. The van der Waals surface area contributed by atoms with Crippen molar-refractivity contribution in [2.45, 2.75) is 51.0 Å². The van der Waals surface area contributed by atoms with E-state index in [9.17, 15) is 14.4 Å². The molecule has 0 bridgehead atoms. The fraction of sp³-hybridized carbons (Fsp3) is 0.423. The van der Waals surface area contributed by atoms with Crippen LogP contribution >= 0.6 is 0 Å². The van der Waals surface area contributed by atoms with Gasteiger partial charge in [0.05, 0.1) is 6.61 Å². The number of benzene rings is 2. The summed E-state index contributed by atoms with van der Waals surface area (Å²) in [5, 5.41) is 0. The molecule has 1 spiro atoms. The second-order valence-corrected chi connectivity index (χ2v) is 9.88. The van der Waals surface area contributed by atoms with Crippen LogP contribution in [0.3, 0.4) is 0 Å². The molecule has 2 amide bonds. The molecule has 174 valence electrons. The Morgan fingerprint density at radius 3 is 2.36 bits per heavy atom. The molecule has 4 rings (SSSR count). The summed E-state index contributed by atoms with van der Waals surface area (Å²) in [4.78, 5) is 38.8. The third-order valence-electron chi connectivity index (χ3n) is 6.35. The summed E-state index contributed by atoms with van der Waals surface area (Å²) < 4.78 is 11.5. The van der Waals surface area contributed by atoms with E-state index in [4.69, 9.17) is 15.2 Å². The maximum atomic E-state index is 12.9. The van der Waals surface area contributed by atoms with Gasteiger partial charge in [-0.15, -0.1) is 0 Å². The number of Topliss-reactive ketones (excluding diaryl/α,β-unsaturated/α-hetero) is 1. The lowest BCUT2D eigenvalue weighted by Crippen LogP contribution is -2.47. The summed E-state index contributed by atoms with van der Waals surface area (Å²) in [5.41, 5.74) is 7.24. The van der Waals surface area contributed by atoms with E-state index < -0.39 is 11.5 Å². The summed E-state index contributed by atoms with van der Waals surface area (Å²) in [7, 11) is 0. The topological polar surface area (TPSA) is 98.9 Å². The minimum absolute atomic E-state index is 0.155. The van der Waals surface area contributed by atoms with Crippen LogP contribution in [0.15, 0.2) is 42.5 Å². The van der Waals surface area contributed by atoms with Crippen molar-refractivity contribution in [1.82, 2.24) is 4.90 Å². The highest BCUT2D eigenvalue weighted by atomic mass is 16.6. The summed E-state index contributed by atoms with van der Waals surface area (Å²) in [6, 6.07) is 12.5. The van der Waals surface area contributed by atoms with Crippen molar-refractivity contribution in [2.24, 2.45) is 5.73 Å². The molecule has 33 heavy (non-hydrogen) atoms. The van der Waals surface area contributed by atoms with E-state index in [1.54, 1.807) is 29.2 Å². The van der Waals surface area contributed by atoms with Gasteiger partial charge in [-0.25, -0.2) is 4.79 Å². The lowest BCUT2D eigenvalue weighted by atomic mass is 9.74. The second-order valence-electron chi connectivity index (χ2n) is 9.88. The van der Waals surface area contributed by atoms with E-state index in [0.29, 0.717) is 25.3 Å². The Morgan fingerprint density at radius 1 is 1.06 bits per heavy atom. The van der Waals surface area contributed by atoms with Crippen LogP contribution in [-0.2, 0) is 16.6 Å². The monoisotopic (exact) mass is 450 g/mol. The van der Waals surface area contributed by atoms with Crippen molar-refractivity contribution in [3.8, 4) is 5.75 Å². The molecular weight excluding hydrogens is 420 g/mol. The van der Waals surface area contributed by atoms with Crippen LogP contribution in [-0.4, -0.2) is 48.0 Å². The number of fused-ring (bicyclic) bond motifs is 2. The molecule has 2 heterocycles. The Labute approximate surface area is 193 Å². The minimum atomic E-state index is -0.614. The highest BCUT2D eigenvalue weighted by Crippen LogP contribution is 2.46. The predicted molar refractivity (Wildman–Crippen MR) is 124 cm³/mol. The standard InChI is InChI=1S/C26H30N2O5/c1-25(2,3)33-24(31)28-12-10-26(11-13-28)16-32-22-9-8-17(14-20(22)26)15-21(29)18-6-4-5-7-19(18)23(27)30/h4-9,14H,10-13,15-16H2,1-3H3,(H2,27,30). The molecule has 1 fully saturated rings. The van der Waals surface area contributed by atoms with Gasteiger partial charge < -0.3 is 20.1 Å². The molecule has 7 nitrogen and oxygen atoms in total. The summed E-state index contributed by atoms with van der Waals surface area (Å²) in [5.74, 6) is 0.0588. The van der Waals surface area contributed by atoms with Crippen LogP contribution in [0, 0.1) is 0 Å². The van der Waals surface area contributed by atoms with Crippen molar-refractivity contribution < 1.29 is 23.9 Å². The average Bonchev–Trinajstić information content (AvgIpc) is 3.10. The number of primary amides is 1. The number of nitrogens with two attached hydrogens (primary N) is 1. The van der Waals surface area contributed by atoms with Crippen molar-refractivity contribution in [3.63, 3.8) is 0 Å². The molecule has 1 saturated heterocycles. The summed E-state index contributed by atoms with van der Waals surface area (Å²) in [6.07, 6.45) is 1.41. The number of piperidine rings is 1. The number of likely N-dealkylation sites (tertiary alicyclic amines) is 1. The number of amides is 2. The first kappa shape index (κ1) is 22.8. The molecule has 2 aliphatic heterocycles. The van der Waals surface area contributed by atoms with Gasteiger partial charge in [0.25, 0.3) is 0 Å². The quantitative estimate of drug-likeness (QED) is 0.713. The smallest absolute Gasteiger partial charge is 0.410 e. The third kappa shape index (κ3) is 4.72. The second kappa shape index (κ2) is 8.54. The highest BCUT2D eigenvalue weighted by Gasteiger charge is 2.44. The van der Waals surface area contributed by atoms with Crippen LogP contribution in [0.2, 0.25) is 0 Å². The number of ketones is 1. The van der Waals surface area contributed by atoms with Gasteiger partial charge in [-0.1, -0.05) is 30.3 Å². The maximum absolute atomic E-state index is 12.9. The van der Waals surface area contributed by atoms with E-state index in [0.717, 1.165) is 29.7 Å². The van der Waals surface area contributed by atoms with Crippen molar-refractivity contribution in [2.75, 3.05) is 19.7 Å². The van der Waals surface area contributed by atoms with E-state index in [1.807, 2.05) is 39.0 Å². The van der Waals surface area contributed by atoms with Gasteiger partial charge in [0.1, 0.15) is 11.4 Å². The Morgan fingerprint density at radius 2 is 1.73 bits per heavy atom. The van der Waals surface area contributed by atoms with E-state index in [2.05, 4.69) is 0 Å². The average molecular weight is 451 g/mol. The SMILES string of the molecule is CC(C)(C)OC(=O)N1CCC2(CC1)COc1ccc(CC(=O)c3ccccc3C(N)=O)cc12. The van der Waals surface area contributed by atoms with Crippen LogP contribution < -0.4 is 10.5 Å². The predicted octanol–water partition coefficient (Wildman–Crippen LogP) is 3.87. The molecule has 0 aliphatic carbocycles. The first-order valence-corrected chi connectivity index (χ1v) is 11.2. The fourth-order valence-corrected chi connectivity index (χ4v) is 4.60. The first-order chi connectivity index (χ1) is 15.6. The van der Waals surface area contributed by atoms with E-state index >= 15 is 0 Å². The molecule has 0 unspecified atom stereocenters. The Bertz CT molecular complexity index is 1090. The zero-order chi connectivity index (χ0) is 23.8. The summed E-state index contributed by atoms with van der Waals surface area (Å²) >= 11 is 0. The summed E-state index contributed by atoms with van der Waals surface area (Å²) in [6.45, 7) is 7.33. The molecule has 2 aromatic rings. The zero-order valence-corrected chi connectivity index (χ0v) is 19.3. The third-order valence-corrected chi connectivity index (χ3v) is 6.35. The number of nitrogens with zero attached hydrogens (tertiary/aromatic N) is 1. The van der Waals surface area contributed by atoms with Crippen molar-refractivity contribution >= 4 is 17.8 Å². The molecular formula is C26H30N2O5. The first-order valence-electron chi connectivity index (χ1n) is 11.2. The van der Waals surface area contributed by atoms with Crippen LogP contribution in [0.5, 0.6) is 5.75 Å². The van der Waals surface area contributed by atoms with Crippen molar-refractivity contribution in [3.05, 3.63) is 64.7 Å². The van der Waals surface area contributed by atoms with Gasteiger partial charge in [0.15, 0.2) is 5.78 Å². The van der Waals surface area contributed by atoms with Crippen molar-refractivity contribution in [1.29, 1.82) is 0 Å². The number of carbonyl (C=O) groups excluding carboxylic acids is 3. The van der Waals surface area contributed by atoms with Crippen LogP contribution in [0.4, 0.5) is 4.79 Å².